The van der Waals surface area contributed by atoms with Gasteiger partial charge in [0.05, 0.1) is 6.16 Å². The molecule has 0 aliphatic carbocycles. The van der Waals surface area contributed by atoms with Crippen LogP contribution in [-0.2, 0) is 9.36 Å². The Kier molecular flexibility index (Phi) is 6.56. The third kappa shape index (κ3) is 6.05. The first kappa shape index (κ1) is 15.4. The van der Waals surface area contributed by atoms with Gasteiger partial charge in [-0.1, -0.05) is 26.3 Å². The number of hydrogen-bond donors (Lipinski definition) is 2. The molecular formula is C10H20NO4P. The van der Waals surface area contributed by atoms with Gasteiger partial charge in [-0.25, -0.2) is 0 Å². The number of carbonyl (C=O) groups excluding carboxylic acids is 1. The minimum Gasteiger partial charge on any atom is -0.339 e. The van der Waals surface area contributed by atoms with Crippen LogP contribution in [0.2, 0.25) is 0 Å². The number of carbonyl (C=O) groups is 1. The van der Waals surface area contributed by atoms with Gasteiger partial charge in [0.2, 0.25) is 5.91 Å². The van der Waals surface area contributed by atoms with Gasteiger partial charge >= 0.3 is 7.60 Å². The van der Waals surface area contributed by atoms with Crippen LogP contribution < -0.4 is 0 Å². The van der Waals surface area contributed by atoms with E-state index in [0.29, 0.717) is 6.42 Å². The van der Waals surface area contributed by atoms with Crippen molar-refractivity contribution < 1.29 is 19.1 Å². The Hall–Kier alpha value is -0.640. The maximum Gasteiger partial charge on any atom is 0.327 e. The van der Waals surface area contributed by atoms with Crippen molar-refractivity contribution in [3.63, 3.8) is 0 Å². The molecule has 94 valence electrons. The Morgan fingerprint density at radius 3 is 2.50 bits per heavy atom. The quantitative estimate of drug-likeness (QED) is 0.527. The summed E-state index contributed by atoms with van der Waals surface area (Å²) in [6, 6.07) is -0.425. The summed E-state index contributed by atoms with van der Waals surface area (Å²) in [7, 11) is -2.55. The highest BCUT2D eigenvalue weighted by Crippen LogP contribution is 2.37. The van der Waals surface area contributed by atoms with Crippen LogP contribution in [0.25, 0.3) is 0 Å². The van der Waals surface area contributed by atoms with Crippen LogP contribution in [0.4, 0.5) is 0 Å². The summed E-state index contributed by atoms with van der Waals surface area (Å²) in [6.45, 7) is 5.35. The van der Waals surface area contributed by atoms with Gasteiger partial charge < -0.3 is 14.7 Å². The zero-order valence-corrected chi connectivity index (χ0v) is 10.7. The lowest BCUT2D eigenvalue weighted by Crippen LogP contribution is -2.38. The normalized spacial score (nSPS) is 13.2. The summed E-state index contributed by atoms with van der Waals surface area (Å²) in [6.07, 6.45) is 3.21. The minimum atomic E-state index is -4.09. The molecule has 0 spiro atoms. The van der Waals surface area contributed by atoms with Crippen molar-refractivity contribution in [2.75, 3.05) is 13.2 Å². The number of amides is 1. The lowest BCUT2D eigenvalue weighted by Gasteiger charge is -2.27. The van der Waals surface area contributed by atoms with Crippen molar-refractivity contribution in [3.05, 3.63) is 12.7 Å². The first-order valence-electron chi connectivity index (χ1n) is 5.25. The predicted octanol–water partition coefficient (Wildman–Crippen LogP) is 1.37. The lowest BCUT2D eigenvalue weighted by atomic mass is 10.1. The molecule has 0 heterocycles. The van der Waals surface area contributed by atoms with Gasteiger partial charge in [-0.2, -0.15) is 0 Å². The second kappa shape index (κ2) is 6.84. The number of nitrogens with zero attached hydrogens (tertiary/aromatic N) is 1. The van der Waals surface area contributed by atoms with Crippen molar-refractivity contribution in [2.24, 2.45) is 0 Å². The van der Waals surface area contributed by atoms with Crippen molar-refractivity contribution >= 4 is 13.5 Å². The highest BCUT2D eigenvalue weighted by atomic mass is 31.2. The fourth-order valence-electron chi connectivity index (χ4n) is 1.45. The maximum atomic E-state index is 11.4. The first-order valence-corrected chi connectivity index (χ1v) is 7.05. The summed E-state index contributed by atoms with van der Waals surface area (Å²) in [4.78, 5) is 30.6. The summed E-state index contributed by atoms with van der Waals surface area (Å²) in [5, 5.41) is 0. The van der Waals surface area contributed by atoms with Gasteiger partial charge in [0.25, 0.3) is 0 Å². The Labute approximate surface area is 96.3 Å². The second-order valence-electron chi connectivity index (χ2n) is 3.80. The number of likely N-dealkylation sites (N-methyl/N-ethyl adjacent to an activating group) is 1. The Morgan fingerprint density at radius 2 is 2.12 bits per heavy atom. The molecule has 0 rings (SSSR count). The van der Waals surface area contributed by atoms with Crippen molar-refractivity contribution in [1.82, 2.24) is 4.90 Å². The molecular weight excluding hydrogens is 229 g/mol. The molecule has 0 fully saturated rings. The van der Waals surface area contributed by atoms with E-state index in [9.17, 15) is 9.36 Å². The van der Waals surface area contributed by atoms with Crippen molar-refractivity contribution in [3.8, 4) is 0 Å². The van der Waals surface area contributed by atoms with Crippen LogP contribution in [0.15, 0.2) is 12.7 Å². The summed E-state index contributed by atoms with van der Waals surface area (Å²) in [5.74, 6) is -0.311. The molecule has 0 aromatic heterocycles. The van der Waals surface area contributed by atoms with Crippen LogP contribution in [0.1, 0.15) is 26.2 Å². The average molecular weight is 249 g/mol. The topological polar surface area (TPSA) is 77.8 Å². The van der Waals surface area contributed by atoms with Gasteiger partial charge in [-0.05, 0) is 12.5 Å². The largest absolute Gasteiger partial charge is 0.339 e. The highest BCUT2D eigenvalue weighted by Gasteiger charge is 2.26. The molecule has 0 radical (unpaired) electrons. The first-order chi connectivity index (χ1) is 7.31. The van der Waals surface area contributed by atoms with Gasteiger partial charge in [0, 0.05) is 13.1 Å². The molecule has 5 nitrogen and oxygen atoms in total. The molecule has 2 N–H and O–H groups in total. The SMILES string of the molecule is C=CC(=O)N(C)C(CCCC)CP(=O)(O)O. The average Bonchev–Trinajstić information content (AvgIpc) is 2.20. The lowest BCUT2D eigenvalue weighted by molar-refractivity contribution is -0.126. The number of unbranched alkanes of at least 4 members (excludes halogenated alkanes) is 1. The van der Waals surface area contributed by atoms with E-state index in [4.69, 9.17) is 9.79 Å². The maximum absolute atomic E-state index is 11.4. The molecule has 0 aromatic rings. The standard InChI is InChI=1S/C10H20NO4P/c1-4-6-7-9(8-16(13,14)15)11(3)10(12)5-2/h5,9H,2,4,6-8H2,1,3H3,(H2,13,14,15). The van der Waals surface area contributed by atoms with E-state index >= 15 is 0 Å². The van der Waals surface area contributed by atoms with E-state index in [1.807, 2.05) is 6.92 Å². The Morgan fingerprint density at radius 1 is 1.56 bits per heavy atom. The van der Waals surface area contributed by atoms with E-state index in [-0.39, 0.29) is 12.1 Å². The fourth-order valence-corrected chi connectivity index (χ4v) is 2.42. The zero-order chi connectivity index (χ0) is 12.8. The Balaban J connectivity index is 4.58. The molecule has 0 aliphatic rings. The van der Waals surface area contributed by atoms with Gasteiger partial charge in [0.15, 0.2) is 0 Å². The monoisotopic (exact) mass is 249 g/mol. The molecule has 6 heteroatoms. The minimum absolute atomic E-state index is 0.289. The van der Waals surface area contributed by atoms with E-state index in [2.05, 4.69) is 6.58 Å². The molecule has 1 amide bonds. The number of hydrogen-bond acceptors (Lipinski definition) is 2. The summed E-state index contributed by atoms with van der Waals surface area (Å²) in [5.41, 5.74) is 0. The van der Waals surface area contributed by atoms with Crippen molar-refractivity contribution in [2.45, 2.75) is 32.2 Å². The van der Waals surface area contributed by atoms with E-state index in [1.165, 1.54) is 4.90 Å². The van der Waals surface area contributed by atoms with Crippen LogP contribution in [0.5, 0.6) is 0 Å². The predicted molar refractivity (Wildman–Crippen MR) is 63.2 cm³/mol. The Bertz CT molecular complexity index is 287. The molecule has 1 atom stereocenters. The summed E-state index contributed by atoms with van der Waals surface area (Å²) >= 11 is 0. The molecule has 0 saturated heterocycles. The molecule has 0 aromatic carbocycles. The van der Waals surface area contributed by atoms with Crippen molar-refractivity contribution in [1.29, 1.82) is 0 Å². The van der Waals surface area contributed by atoms with Gasteiger partial charge in [-0.3, -0.25) is 9.36 Å². The third-order valence-corrected chi connectivity index (χ3v) is 3.31. The van der Waals surface area contributed by atoms with Crippen LogP contribution in [0, 0.1) is 0 Å². The van der Waals surface area contributed by atoms with Crippen LogP contribution >= 0.6 is 7.60 Å². The van der Waals surface area contributed by atoms with Crippen LogP contribution in [0.3, 0.4) is 0 Å². The van der Waals surface area contributed by atoms with Crippen LogP contribution in [-0.4, -0.2) is 39.8 Å². The summed E-state index contributed by atoms with van der Waals surface area (Å²) < 4.78 is 11.0. The highest BCUT2D eigenvalue weighted by molar-refractivity contribution is 7.51. The van der Waals surface area contributed by atoms with E-state index in [0.717, 1.165) is 18.9 Å². The van der Waals surface area contributed by atoms with Gasteiger partial charge in [-0.15, -0.1) is 0 Å². The van der Waals surface area contributed by atoms with E-state index < -0.39 is 13.6 Å². The molecule has 0 bridgehead atoms. The molecule has 16 heavy (non-hydrogen) atoms. The fraction of sp³-hybridized carbons (Fsp3) is 0.700. The van der Waals surface area contributed by atoms with Gasteiger partial charge in [0.1, 0.15) is 0 Å². The molecule has 0 aliphatic heterocycles. The second-order valence-corrected chi connectivity index (χ2v) is 5.49. The van der Waals surface area contributed by atoms with E-state index in [1.54, 1.807) is 7.05 Å². The molecule has 0 saturated carbocycles. The third-order valence-electron chi connectivity index (χ3n) is 2.41. The number of rotatable bonds is 7. The molecule has 1 unspecified atom stereocenters. The zero-order valence-electron chi connectivity index (χ0n) is 9.80. The smallest absolute Gasteiger partial charge is 0.327 e.